The first-order valence-corrected chi connectivity index (χ1v) is 7.90. The second kappa shape index (κ2) is 4.11. The van der Waals surface area contributed by atoms with E-state index < -0.39 is 0 Å². The molecule has 4 atom stereocenters. The molecule has 8 aliphatic rings. The van der Waals surface area contributed by atoms with E-state index in [-0.39, 0.29) is 21.1 Å². The Bertz CT molecular complexity index is 587. The summed E-state index contributed by atoms with van der Waals surface area (Å²) in [7, 11) is 0. The monoisotopic (exact) mass is 440 g/mol. The molecule has 0 heterocycles. The number of fused-ring (bicyclic) bond motifs is 1. The van der Waals surface area contributed by atoms with Gasteiger partial charge in [0.25, 0.3) is 0 Å². The van der Waals surface area contributed by atoms with Crippen molar-refractivity contribution in [3.05, 3.63) is 71.9 Å². The van der Waals surface area contributed by atoms with Crippen molar-refractivity contribution in [3.63, 3.8) is 0 Å². The summed E-state index contributed by atoms with van der Waals surface area (Å²) in [6.07, 6.45) is 26.8. The molecule has 0 N–H and O–H groups in total. The molecule has 0 radical (unpaired) electrons. The van der Waals surface area contributed by atoms with Crippen LogP contribution in [0.25, 0.3) is 0 Å². The van der Waals surface area contributed by atoms with Gasteiger partial charge >= 0.3 is 21.1 Å². The first-order chi connectivity index (χ1) is 9.90. The Labute approximate surface area is 140 Å². The van der Waals surface area contributed by atoms with E-state index >= 15 is 0 Å². The van der Waals surface area contributed by atoms with Gasteiger partial charge in [0.05, 0.1) is 0 Å². The quantitative estimate of drug-likeness (QED) is 0.431. The molecule has 0 spiro atoms. The van der Waals surface area contributed by atoms with Gasteiger partial charge in [0.2, 0.25) is 0 Å². The molecule has 0 aromatic heterocycles. The van der Waals surface area contributed by atoms with Crippen molar-refractivity contribution < 1.29 is 21.1 Å². The van der Waals surface area contributed by atoms with E-state index in [1.54, 1.807) is 0 Å². The summed E-state index contributed by atoms with van der Waals surface area (Å²) < 4.78 is 0. The van der Waals surface area contributed by atoms with Gasteiger partial charge in [-0.1, -0.05) is 60.4 Å². The van der Waals surface area contributed by atoms with E-state index in [4.69, 9.17) is 0 Å². The van der Waals surface area contributed by atoms with Gasteiger partial charge in [-0.25, -0.2) is 0 Å². The van der Waals surface area contributed by atoms with Crippen LogP contribution < -0.4 is 0 Å². The molecule has 2 saturated carbocycles. The van der Waals surface area contributed by atoms with Crippen LogP contribution in [0.5, 0.6) is 0 Å². The van der Waals surface area contributed by atoms with Gasteiger partial charge in [-0.05, 0) is 23.7 Å². The Morgan fingerprint density at radius 1 is 0.524 bits per heavy atom. The topological polar surface area (TPSA) is 0 Å². The predicted molar refractivity (Wildman–Crippen MR) is 78.0 cm³/mol. The van der Waals surface area contributed by atoms with Crippen molar-refractivity contribution in [2.75, 3.05) is 0 Å². The fraction of sp³-hybridized carbons (Fsp3) is 0.400. The van der Waals surface area contributed by atoms with Crippen LogP contribution in [0, 0.1) is 59.5 Å². The maximum atomic E-state index is 3.81. The third-order valence-electron chi connectivity index (χ3n) is 6.03. The van der Waals surface area contributed by atoms with Crippen LogP contribution in [0.3, 0.4) is 0 Å². The molecular weight excluding hydrogens is 424 g/mol. The Morgan fingerprint density at radius 3 is 1.19 bits per heavy atom. The van der Waals surface area contributed by atoms with Gasteiger partial charge in [0.1, 0.15) is 0 Å². The second-order valence-corrected chi connectivity index (χ2v) is 7.07. The number of rotatable bonds is 1. The van der Waals surface area contributed by atoms with Crippen molar-refractivity contribution in [2.45, 2.75) is 0 Å². The summed E-state index contributed by atoms with van der Waals surface area (Å²) in [5.41, 5.74) is 3.05. The summed E-state index contributed by atoms with van der Waals surface area (Å²) in [6, 6.07) is 0. The molecule has 0 nitrogen and oxygen atoms in total. The van der Waals surface area contributed by atoms with Crippen LogP contribution in [-0.2, 0) is 21.1 Å². The van der Waals surface area contributed by atoms with Gasteiger partial charge in [-0.15, -0.1) is 11.8 Å². The Balaban J connectivity index is 0.00000104. The molecule has 2 fully saturated rings. The van der Waals surface area contributed by atoms with E-state index in [9.17, 15) is 0 Å². The maximum absolute atomic E-state index is 3.81. The van der Waals surface area contributed by atoms with Crippen LogP contribution in [0.1, 0.15) is 0 Å². The maximum Gasteiger partial charge on any atom is 2.00 e. The molecule has 4 unspecified atom stereocenters. The minimum Gasteiger partial charge on any atom is -0.368 e. The molecule has 0 aromatic rings. The van der Waals surface area contributed by atoms with Crippen molar-refractivity contribution in [3.8, 4) is 0 Å². The van der Waals surface area contributed by atoms with E-state index in [2.05, 4.69) is 60.8 Å². The molecule has 0 aliphatic heterocycles. The minimum atomic E-state index is 0. The molecule has 0 aromatic carbocycles. The summed E-state index contributed by atoms with van der Waals surface area (Å²) in [5, 5.41) is 0. The van der Waals surface area contributed by atoms with Crippen LogP contribution in [0.2, 0.25) is 0 Å². The summed E-state index contributed by atoms with van der Waals surface area (Å²) in [4.78, 5) is 0. The zero-order valence-electron chi connectivity index (χ0n) is 11.6. The van der Waals surface area contributed by atoms with E-state index in [0.29, 0.717) is 23.7 Å². The zero-order chi connectivity index (χ0) is 12.8. The standard InChI is InChI=1S/C20H16.W/c1-5-13-14-6-2-11(1)9-17(19(13)14)18-10-12-3-7-15-16(8-4-12)20(15)18;/h1-8,11-16,19-20H;/q-2;+2. The molecule has 102 valence electrons. The number of allylic oxidation sites excluding steroid dienone is 12. The Morgan fingerprint density at radius 2 is 0.857 bits per heavy atom. The van der Waals surface area contributed by atoms with Crippen molar-refractivity contribution in [2.24, 2.45) is 47.3 Å². The SMILES string of the molecule is [C-]1=C(C2=[C-]C3C=CC4C(C=C3)C24)C2C3C=CC1C=CC32.[W+2]. The average Bonchev–Trinajstić information content (AvgIpc) is 3.29. The Hall–Kier alpha value is -0.872. The van der Waals surface area contributed by atoms with E-state index in [1.807, 2.05) is 0 Å². The van der Waals surface area contributed by atoms with Crippen LogP contribution >= 0.6 is 0 Å². The fourth-order valence-corrected chi connectivity index (χ4v) is 4.86. The van der Waals surface area contributed by atoms with Gasteiger partial charge in [-0.3, -0.25) is 0 Å². The second-order valence-electron chi connectivity index (χ2n) is 7.07. The van der Waals surface area contributed by atoms with Crippen molar-refractivity contribution in [1.82, 2.24) is 0 Å². The summed E-state index contributed by atoms with van der Waals surface area (Å²) in [6.45, 7) is 0. The zero-order valence-corrected chi connectivity index (χ0v) is 14.6. The van der Waals surface area contributed by atoms with Crippen LogP contribution in [0.4, 0.5) is 0 Å². The Kier molecular flexibility index (Phi) is 2.47. The predicted octanol–water partition coefficient (Wildman–Crippen LogP) is 3.68. The molecule has 8 aliphatic carbocycles. The van der Waals surface area contributed by atoms with E-state index in [0.717, 1.165) is 23.7 Å². The molecular formula is C20H16W. The van der Waals surface area contributed by atoms with Gasteiger partial charge < -0.3 is 23.3 Å². The van der Waals surface area contributed by atoms with Crippen molar-refractivity contribution >= 4 is 0 Å². The molecule has 0 saturated heterocycles. The molecule has 0 amide bonds. The van der Waals surface area contributed by atoms with Gasteiger partial charge in [0, 0.05) is 0 Å². The molecule has 21 heavy (non-hydrogen) atoms. The largest absolute Gasteiger partial charge is 2.00 e. The summed E-state index contributed by atoms with van der Waals surface area (Å²) >= 11 is 0. The smallest absolute Gasteiger partial charge is 0.368 e. The normalized spacial score (nSPS) is 52.2. The van der Waals surface area contributed by atoms with E-state index in [1.165, 1.54) is 11.1 Å². The fourth-order valence-electron chi connectivity index (χ4n) is 4.86. The van der Waals surface area contributed by atoms with Crippen LogP contribution in [-0.4, -0.2) is 0 Å². The molecule has 1 heteroatoms. The third kappa shape index (κ3) is 1.61. The minimum absolute atomic E-state index is 0. The van der Waals surface area contributed by atoms with Gasteiger partial charge in [-0.2, -0.15) is 0 Å². The molecule has 8 bridgehead atoms. The summed E-state index contributed by atoms with van der Waals surface area (Å²) in [5.74, 6) is 5.19. The van der Waals surface area contributed by atoms with Crippen LogP contribution in [0.15, 0.2) is 59.8 Å². The first-order valence-electron chi connectivity index (χ1n) is 7.90. The number of hydrogen-bond donors (Lipinski definition) is 0. The average molecular weight is 440 g/mol. The molecule has 8 rings (SSSR count). The van der Waals surface area contributed by atoms with Gasteiger partial charge in [0.15, 0.2) is 0 Å². The first kappa shape index (κ1) is 12.7. The third-order valence-corrected chi connectivity index (χ3v) is 6.03. The number of hydrogen-bond acceptors (Lipinski definition) is 0. The van der Waals surface area contributed by atoms with Crippen molar-refractivity contribution in [1.29, 1.82) is 0 Å².